The monoisotopic (exact) mass is 214 g/mol. The van der Waals surface area contributed by atoms with Gasteiger partial charge in [0.05, 0.1) is 11.6 Å². The fourth-order valence-corrected chi connectivity index (χ4v) is 1.81. The van der Waals surface area contributed by atoms with Crippen molar-refractivity contribution in [2.75, 3.05) is 20.2 Å². The van der Waals surface area contributed by atoms with Gasteiger partial charge in [0.25, 0.3) is 0 Å². The van der Waals surface area contributed by atoms with Crippen LogP contribution in [0.15, 0.2) is 0 Å². The van der Waals surface area contributed by atoms with Gasteiger partial charge in [-0.2, -0.15) is 0 Å². The molecular formula is C11H22N2O2. The Morgan fingerprint density at radius 1 is 1.60 bits per heavy atom. The molecule has 1 amide bonds. The van der Waals surface area contributed by atoms with Gasteiger partial charge in [0.2, 0.25) is 5.91 Å². The third-order valence-electron chi connectivity index (χ3n) is 3.14. The van der Waals surface area contributed by atoms with Gasteiger partial charge in [0, 0.05) is 13.0 Å². The summed E-state index contributed by atoms with van der Waals surface area (Å²) in [4.78, 5) is 11.6. The number of amides is 1. The highest BCUT2D eigenvalue weighted by Crippen LogP contribution is 2.25. The van der Waals surface area contributed by atoms with E-state index in [1.165, 1.54) is 0 Å². The van der Waals surface area contributed by atoms with Crippen LogP contribution in [0.3, 0.4) is 0 Å². The van der Waals surface area contributed by atoms with E-state index in [9.17, 15) is 4.79 Å². The minimum atomic E-state index is -0.170. The number of carbonyl (C=O) groups is 1. The summed E-state index contributed by atoms with van der Waals surface area (Å²) in [5, 5.41) is 6.10. The van der Waals surface area contributed by atoms with Gasteiger partial charge in [-0.25, -0.2) is 0 Å². The van der Waals surface area contributed by atoms with Crippen molar-refractivity contribution in [2.24, 2.45) is 0 Å². The fraction of sp³-hybridized carbons (Fsp3) is 0.909. The molecule has 0 aliphatic carbocycles. The van der Waals surface area contributed by atoms with Crippen molar-refractivity contribution in [3.8, 4) is 0 Å². The molecule has 1 fully saturated rings. The quantitative estimate of drug-likeness (QED) is 0.661. The Bertz CT molecular complexity index is 221. The van der Waals surface area contributed by atoms with E-state index in [4.69, 9.17) is 4.74 Å². The van der Waals surface area contributed by atoms with Crippen LogP contribution in [-0.2, 0) is 9.53 Å². The van der Waals surface area contributed by atoms with Crippen molar-refractivity contribution in [2.45, 2.75) is 44.8 Å². The van der Waals surface area contributed by atoms with Gasteiger partial charge in [0.1, 0.15) is 0 Å². The Morgan fingerprint density at radius 2 is 2.33 bits per heavy atom. The molecule has 88 valence electrons. The van der Waals surface area contributed by atoms with Crippen LogP contribution in [0.25, 0.3) is 0 Å². The number of hydrogen-bond donors (Lipinski definition) is 2. The maximum atomic E-state index is 11.6. The SMILES string of the molecule is CNCCCC(=O)NC1(C)CCOC1C. The first kappa shape index (κ1) is 12.5. The summed E-state index contributed by atoms with van der Waals surface area (Å²) in [5.74, 6) is 0.130. The Kier molecular flexibility index (Phi) is 4.54. The molecule has 0 aromatic heterocycles. The van der Waals surface area contributed by atoms with Gasteiger partial charge in [0.15, 0.2) is 0 Å². The zero-order valence-corrected chi connectivity index (χ0v) is 9.93. The van der Waals surface area contributed by atoms with Crippen molar-refractivity contribution in [1.29, 1.82) is 0 Å². The fourth-order valence-electron chi connectivity index (χ4n) is 1.81. The average Bonchev–Trinajstić information content (AvgIpc) is 2.47. The smallest absolute Gasteiger partial charge is 0.220 e. The second-order valence-electron chi connectivity index (χ2n) is 4.44. The molecule has 0 spiro atoms. The van der Waals surface area contributed by atoms with E-state index in [1.54, 1.807) is 0 Å². The summed E-state index contributed by atoms with van der Waals surface area (Å²) in [5.41, 5.74) is -0.170. The average molecular weight is 214 g/mol. The minimum Gasteiger partial charge on any atom is -0.376 e. The van der Waals surface area contributed by atoms with Crippen LogP contribution in [0, 0.1) is 0 Å². The van der Waals surface area contributed by atoms with Crippen molar-refractivity contribution in [3.63, 3.8) is 0 Å². The van der Waals surface area contributed by atoms with Crippen LogP contribution in [-0.4, -0.2) is 37.7 Å². The normalized spacial score (nSPS) is 30.5. The van der Waals surface area contributed by atoms with Crippen molar-refractivity contribution in [3.05, 3.63) is 0 Å². The lowest BCUT2D eigenvalue weighted by molar-refractivity contribution is -0.123. The molecule has 1 rings (SSSR count). The lowest BCUT2D eigenvalue weighted by Crippen LogP contribution is -2.50. The third kappa shape index (κ3) is 3.47. The molecule has 1 aliphatic rings. The van der Waals surface area contributed by atoms with Gasteiger partial charge in [-0.05, 0) is 40.3 Å². The molecule has 15 heavy (non-hydrogen) atoms. The Hall–Kier alpha value is -0.610. The Balaban J connectivity index is 2.30. The van der Waals surface area contributed by atoms with E-state index in [2.05, 4.69) is 17.6 Å². The number of ether oxygens (including phenoxy) is 1. The van der Waals surface area contributed by atoms with E-state index < -0.39 is 0 Å². The van der Waals surface area contributed by atoms with Crippen LogP contribution in [0.2, 0.25) is 0 Å². The van der Waals surface area contributed by atoms with Gasteiger partial charge in [-0.15, -0.1) is 0 Å². The zero-order valence-electron chi connectivity index (χ0n) is 9.93. The molecule has 0 radical (unpaired) electrons. The maximum absolute atomic E-state index is 11.6. The first-order valence-electron chi connectivity index (χ1n) is 5.66. The van der Waals surface area contributed by atoms with E-state index in [-0.39, 0.29) is 17.6 Å². The summed E-state index contributed by atoms with van der Waals surface area (Å²) >= 11 is 0. The molecule has 1 saturated heterocycles. The molecule has 0 bridgehead atoms. The highest BCUT2D eigenvalue weighted by atomic mass is 16.5. The van der Waals surface area contributed by atoms with Gasteiger partial charge < -0.3 is 15.4 Å². The van der Waals surface area contributed by atoms with E-state index in [0.717, 1.165) is 26.0 Å². The maximum Gasteiger partial charge on any atom is 0.220 e. The second kappa shape index (κ2) is 5.47. The molecule has 1 aliphatic heterocycles. The predicted octanol–water partition coefficient (Wildman–Crippen LogP) is 0.670. The summed E-state index contributed by atoms with van der Waals surface area (Å²) in [6.07, 6.45) is 2.49. The number of nitrogens with one attached hydrogen (secondary N) is 2. The molecule has 0 aromatic rings. The number of carbonyl (C=O) groups excluding carboxylic acids is 1. The van der Waals surface area contributed by atoms with Crippen LogP contribution in [0.4, 0.5) is 0 Å². The topological polar surface area (TPSA) is 50.4 Å². The molecule has 1 heterocycles. The van der Waals surface area contributed by atoms with Crippen LogP contribution in [0.5, 0.6) is 0 Å². The molecule has 2 unspecified atom stereocenters. The number of rotatable bonds is 5. The van der Waals surface area contributed by atoms with Gasteiger partial charge in [-0.1, -0.05) is 0 Å². The molecule has 2 N–H and O–H groups in total. The summed E-state index contributed by atoms with van der Waals surface area (Å²) in [6.45, 7) is 5.70. The zero-order chi connectivity index (χ0) is 11.3. The van der Waals surface area contributed by atoms with Crippen LogP contribution >= 0.6 is 0 Å². The number of hydrogen-bond acceptors (Lipinski definition) is 3. The second-order valence-corrected chi connectivity index (χ2v) is 4.44. The molecule has 4 heteroatoms. The largest absolute Gasteiger partial charge is 0.376 e. The van der Waals surface area contributed by atoms with Gasteiger partial charge >= 0.3 is 0 Å². The molecule has 2 atom stereocenters. The predicted molar refractivity (Wildman–Crippen MR) is 59.7 cm³/mol. The first-order chi connectivity index (χ1) is 7.08. The van der Waals surface area contributed by atoms with Crippen LogP contribution < -0.4 is 10.6 Å². The van der Waals surface area contributed by atoms with Crippen molar-refractivity contribution < 1.29 is 9.53 Å². The molecule has 0 aromatic carbocycles. The standard InChI is InChI=1S/C11H22N2O2/c1-9-11(2,6-8-15-9)13-10(14)5-4-7-12-3/h9,12H,4-8H2,1-3H3,(H,13,14). The Morgan fingerprint density at radius 3 is 2.87 bits per heavy atom. The van der Waals surface area contributed by atoms with E-state index >= 15 is 0 Å². The third-order valence-corrected chi connectivity index (χ3v) is 3.14. The van der Waals surface area contributed by atoms with Crippen molar-refractivity contribution in [1.82, 2.24) is 10.6 Å². The van der Waals surface area contributed by atoms with Crippen LogP contribution in [0.1, 0.15) is 33.1 Å². The Labute approximate surface area is 91.8 Å². The molecule has 0 saturated carbocycles. The van der Waals surface area contributed by atoms with Gasteiger partial charge in [-0.3, -0.25) is 4.79 Å². The van der Waals surface area contributed by atoms with E-state index in [0.29, 0.717) is 6.42 Å². The minimum absolute atomic E-state index is 0.116. The highest BCUT2D eigenvalue weighted by Gasteiger charge is 2.37. The van der Waals surface area contributed by atoms with Crippen molar-refractivity contribution >= 4 is 5.91 Å². The summed E-state index contributed by atoms with van der Waals surface area (Å²) in [6, 6.07) is 0. The molecular weight excluding hydrogens is 192 g/mol. The summed E-state index contributed by atoms with van der Waals surface area (Å²) < 4.78 is 5.47. The molecule has 4 nitrogen and oxygen atoms in total. The lowest BCUT2D eigenvalue weighted by atomic mass is 9.94. The highest BCUT2D eigenvalue weighted by molar-refractivity contribution is 5.76. The first-order valence-corrected chi connectivity index (χ1v) is 5.66. The lowest BCUT2D eigenvalue weighted by Gasteiger charge is -2.28. The summed E-state index contributed by atoms with van der Waals surface area (Å²) in [7, 11) is 1.89. The van der Waals surface area contributed by atoms with E-state index in [1.807, 2.05) is 14.0 Å².